The second-order valence-electron chi connectivity index (χ2n) is 5.27. The van der Waals surface area contributed by atoms with Gasteiger partial charge in [-0.05, 0) is 0 Å². The molecule has 0 aliphatic heterocycles. The average Bonchev–Trinajstić information content (AvgIpc) is 2.91. The maximum Gasteiger partial charge on any atom is 0.212 e. The number of aryl methyl sites for hydroxylation is 1. The number of hydrogen-bond donors (Lipinski definition) is 0. The van der Waals surface area contributed by atoms with Crippen LogP contribution in [0.4, 0.5) is 0 Å². The zero-order valence-electron chi connectivity index (χ0n) is 11.9. The molecule has 106 valence electrons. The lowest BCUT2D eigenvalue weighted by atomic mass is 9.86. The van der Waals surface area contributed by atoms with Crippen molar-refractivity contribution in [2.75, 3.05) is 0 Å². The van der Waals surface area contributed by atoms with Crippen molar-refractivity contribution in [3.8, 4) is 11.3 Å². The van der Waals surface area contributed by atoms with Crippen molar-refractivity contribution in [3.63, 3.8) is 0 Å². The molecule has 4 rings (SSSR count). The summed E-state index contributed by atoms with van der Waals surface area (Å²) >= 11 is 0. The summed E-state index contributed by atoms with van der Waals surface area (Å²) in [7, 11) is 1.70. The Morgan fingerprint density at radius 3 is 2.09 bits per heavy atom. The molecule has 4 nitrogen and oxygen atoms in total. The molecule has 1 heterocycles. The van der Waals surface area contributed by atoms with E-state index in [4.69, 9.17) is 0 Å². The van der Waals surface area contributed by atoms with E-state index in [0.717, 1.165) is 5.56 Å². The van der Waals surface area contributed by atoms with Crippen LogP contribution in [-0.2, 0) is 7.05 Å². The molecule has 22 heavy (non-hydrogen) atoms. The number of hydrogen-bond acceptors (Lipinski definition) is 3. The molecule has 0 saturated carbocycles. The first-order valence-electron chi connectivity index (χ1n) is 6.99. The van der Waals surface area contributed by atoms with Gasteiger partial charge in [0, 0.05) is 23.7 Å². The molecule has 0 amide bonds. The fraction of sp³-hybridized carbons (Fsp3) is 0.0556. The Morgan fingerprint density at radius 2 is 1.41 bits per heavy atom. The van der Waals surface area contributed by atoms with Crippen molar-refractivity contribution in [1.82, 2.24) is 9.78 Å². The van der Waals surface area contributed by atoms with Gasteiger partial charge in [0.05, 0.1) is 5.56 Å². The number of ketones is 2. The molecule has 4 heteroatoms. The highest BCUT2D eigenvalue weighted by atomic mass is 16.1. The van der Waals surface area contributed by atoms with Gasteiger partial charge in [-0.15, -0.1) is 0 Å². The van der Waals surface area contributed by atoms with E-state index in [1.165, 1.54) is 4.68 Å². The minimum Gasteiger partial charge on any atom is -0.288 e. The molecule has 1 aromatic heterocycles. The van der Waals surface area contributed by atoms with Crippen molar-refractivity contribution >= 4 is 11.6 Å². The summed E-state index contributed by atoms with van der Waals surface area (Å²) < 4.78 is 1.51. The SMILES string of the molecule is Cn1nc(-c2ccccc2)c2c1C(=O)c1ccccc1C2=O. The lowest BCUT2D eigenvalue weighted by Crippen LogP contribution is -2.22. The van der Waals surface area contributed by atoms with E-state index in [0.29, 0.717) is 28.1 Å². The molecule has 0 spiro atoms. The van der Waals surface area contributed by atoms with Crippen molar-refractivity contribution in [2.45, 2.75) is 0 Å². The zero-order chi connectivity index (χ0) is 15.3. The number of carbonyl (C=O) groups is 2. The molecule has 0 N–H and O–H groups in total. The minimum atomic E-state index is -0.151. The van der Waals surface area contributed by atoms with E-state index in [9.17, 15) is 9.59 Å². The number of fused-ring (bicyclic) bond motifs is 2. The van der Waals surface area contributed by atoms with E-state index in [2.05, 4.69) is 5.10 Å². The van der Waals surface area contributed by atoms with Gasteiger partial charge in [0.2, 0.25) is 5.78 Å². The number of rotatable bonds is 1. The van der Waals surface area contributed by atoms with Gasteiger partial charge >= 0.3 is 0 Å². The third-order valence-electron chi connectivity index (χ3n) is 3.95. The van der Waals surface area contributed by atoms with Crippen LogP contribution in [-0.4, -0.2) is 21.3 Å². The van der Waals surface area contributed by atoms with Gasteiger partial charge in [-0.2, -0.15) is 5.10 Å². The summed E-state index contributed by atoms with van der Waals surface area (Å²) in [5, 5.41) is 4.42. The molecule has 2 aromatic carbocycles. The molecule has 1 aliphatic rings. The lowest BCUT2D eigenvalue weighted by Gasteiger charge is -2.15. The Morgan fingerprint density at radius 1 is 0.818 bits per heavy atom. The predicted molar refractivity (Wildman–Crippen MR) is 82.0 cm³/mol. The van der Waals surface area contributed by atoms with Crippen LogP contribution in [0.15, 0.2) is 54.6 Å². The van der Waals surface area contributed by atoms with Crippen LogP contribution in [0.25, 0.3) is 11.3 Å². The molecular weight excluding hydrogens is 276 g/mol. The summed E-state index contributed by atoms with van der Waals surface area (Å²) in [6.45, 7) is 0. The fourth-order valence-corrected chi connectivity index (χ4v) is 2.94. The predicted octanol–water partition coefficient (Wildman–Crippen LogP) is 2.86. The van der Waals surface area contributed by atoms with E-state index >= 15 is 0 Å². The third-order valence-corrected chi connectivity index (χ3v) is 3.95. The summed E-state index contributed by atoms with van der Waals surface area (Å²) in [4.78, 5) is 25.6. The Bertz CT molecular complexity index is 924. The Hall–Kier alpha value is -3.01. The van der Waals surface area contributed by atoms with Gasteiger partial charge in [-0.3, -0.25) is 14.3 Å². The number of carbonyl (C=O) groups excluding carboxylic acids is 2. The first-order valence-corrected chi connectivity index (χ1v) is 6.99. The Labute approximate surface area is 127 Å². The highest BCUT2D eigenvalue weighted by molar-refractivity contribution is 6.29. The van der Waals surface area contributed by atoms with Crippen LogP contribution in [0, 0.1) is 0 Å². The highest BCUT2D eigenvalue weighted by Crippen LogP contribution is 2.33. The fourth-order valence-electron chi connectivity index (χ4n) is 2.94. The highest BCUT2D eigenvalue weighted by Gasteiger charge is 2.35. The largest absolute Gasteiger partial charge is 0.288 e. The maximum atomic E-state index is 12.9. The van der Waals surface area contributed by atoms with Crippen LogP contribution in [0.2, 0.25) is 0 Å². The first-order chi connectivity index (χ1) is 10.7. The summed E-state index contributed by atoms with van der Waals surface area (Å²) in [6.07, 6.45) is 0. The van der Waals surface area contributed by atoms with Crippen molar-refractivity contribution in [2.24, 2.45) is 7.05 Å². The lowest BCUT2D eigenvalue weighted by molar-refractivity contribution is 0.0974. The molecule has 0 radical (unpaired) electrons. The summed E-state index contributed by atoms with van der Waals surface area (Å²) in [6, 6.07) is 16.4. The van der Waals surface area contributed by atoms with Gasteiger partial charge in [0.15, 0.2) is 5.78 Å². The molecule has 0 atom stereocenters. The topological polar surface area (TPSA) is 52.0 Å². The number of nitrogens with zero attached hydrogens (tertiary/aromatic N) is 2. The van der Waals surface area contributed by atoms with Gasteiger partial charge in [-0.25, -0.2) is 0 Å². The van der Waals surface area contributed by atoms with Gasteiger partial charge in [0.25, 0.3) is 0 Å². The van der Waals surface area contributed by atoms with Crippen LogP contribution in [0.3, 0.4) is 0 Å². The summed E-state index contributed by atoms with van der Waals surface area (Å²) in [5.41, 5.74) is 3.05. The van der Waals surface area contributed by atoms with Crippen molar-refractivity contribution in [1.29, 1.82) is 0 Å². The van der Waals surface area contributed by atoms with E-state index in [1.807, 2.05) is 30.3 Å². The maximum absolute atomic E-state index is 12.9. The average molecular weight is 288 g/mol. The second kappa shape index (κ2) is 4.49. The molecule has 1 aliphatic carbocycles. The number of aromatic nitrogens is 2. The van der Waals surface area contributed by atoms with Crippen LogP contribution in [0.1, 0.15) is 32.0 Å². The van der Waals surface area contributed by atoms with Crippen molar-refractivity contribution < 1.29 is 9.59 Å². The van der Waals surface area contributed by atoms with Crippen LogP contribution >= 0.6 is 0 Å². The molecular formula is C18H12N2O2. The van der Waals surface area contributed by atoms with Gasteiger partial charge in [-0.1, -0.05) is 54.6 Å². The van der Waals surface area contributed by atoms with Gasteiger partial charge in [0.1, 0.15) is 11.4 Å². The molecule has 3 aromatic rings. The quantitative estimate of drug-likeness (QED) is 0.541. The van der Waals surface area contributed by atoms with Gasteiger partial charge < -0.3 is 0 Å². The smallest absolute Gasteiger partial charge is 0.212 e. The number of benzene rings is 2. The standard InChI is InChI=1S/C18H12N2O2/c1-20-16-14(15(19-20)11-7-3-2-4-8-11)17(21)12-9-5-6-10-13(12)18(16)22/h2-10H,1H3. The van der Waals surface area contributed by atoms with E-state index in [-0.39, 0.29) is 11.6 Å². The minimum absolute atomic E-state index is 0.142. The van der Waals surface area contributed by atoms with Crippen molar-refractivity contribution in [3.05, 3.63) is 77.0 Å². The second-order valence-corrected chi connectivity index (χ2v) is 5.27. The molecule has 0 unspecified atom stereocenters. The van der Waals surface area contributed by atoms with Crippen LogP contribution < -0.4 is 0 Å². The molecule has 0 saturated heterocycles. The summed E-state index contributed by atoms with van der Waals surface area (Å²) in [5.74, 6) is -0.292. The molecule has 0 bridgehead atoms. The zero-order valence-corrected chi connectivity index (χ0v) is 11.9. The Kier molecular flexibility index (Phi) is 2.60. The first kappa shape index (κ1) is 12.7. The molecule has 0 fully saturated rings. The van der Waals surface area contributed by atoms with E-state index in [1.54, 1.807) is 31.3 Å². The normalized spacial score (nSPS) is 13.0. The Balaban J connectivity index is 2.03. The van der Waals surface area contributed by atoms with E-state index < -0.39 is 0 Å². The third kappa shape index (κ3) is 1.61. The monoisotopic (exact) mass is 288 g/mol. The van der Waals surface area contributed by atoms with Crippen LogP contribution in [0.5, 0.6) is 0 Å².